The van der Waals surface area contributed by atoms with E-state index < -0.39 is 0 Å². The van der Waals surface area contributed by atoms with Gasteiger partial charge in [0.2, 0.25) is 0 Å². The summed E-state index contributed by atoms with van der Waals surface area (Å²) < 4.78 is 1.17. The molecule has 3 rings (SSSR count). The Bertz CT molecular complexity index is 691. The van der Waals surface area contributed by atoms with Crippen LogP contribution in [0.5, 0.6) is 0 Å². The fraction of sp³-hybridized carbons (Fsp3) is 0.133. The number of hydrogen-bond donors (Lipinski definition) is 1. The van der Waals surface area contributed by atoms with E-state index in [-0.39, 0.29) is 6.04 Å². The lowest BCUT2D eigenvalue weighted by Crippen LogP contribution is -2.05. The Morgan fingerprint density at radius 1 is 1.20 bits per heavy atom. The summed E-state index contributed by atoms with van der Waals surface area (Å²) in [5, 5.41) is 8.70. The first-order chi connectivity index (χ1) is 9.74. The van der Waals surface area contributed by atoms with E-state index in [2.05, 4.69) is 68.9 Å². The molecule has 0 aliphatic rings. The van der Waals surface area contributed by atoms with Crippen molar-refractivity contribution in [3.05, 3.63) is 56.6 Å². The van der Waals surface area contributed by atoms with Crippen molar-refractivity contribution in [1.29, 1.82) is 0 Å². The van der Waals surface area contributed by atoms with E-state index in [1.807, 2.05) is 11.6 Å². The smallest absolute Gasteiger partial charge is 0.123 e. The lowest BCUT2D eigenvalue weighted by atomic mass is 10.2. The zero-order valence-electron chi connectivity index (χ0n) is 10.8. The van der Waals surface area contributed by atoms with Gasteiger partial charge in [-0.05, 0) is 46.4 Å². The monoisotopic (exact) mass is 364 g/mol. The van der Waals surface area contributed by atoms with Crippen molar-refractivity contribution in [2.24, 2.45) is 0 Å². The number of rotatable bonds is 4. The van der Waals surface area contributed by atoms with Gasteiger partial charge in [0.25, 0.3) is 0 Å². The normalized spacial score (nSPS) is 12.3. The van der Waals surface area contributed by atoms with Crippen LogP contribution in [0.15, 0.2) is 51.8 Å². The van der Waals surface area contributed by atoms with Gasteiger partial charge in [-0.3, -0.25) is 0 Å². The molecule has 2 nitrogen and oxygen atoms in total. The number of anilines is 1. The minimum Gasteiger partial charge on any atom is -0.378 e. The molecule has 102 valence electrons. The lowest BCUT2D eigenvalue weighted by Gasteiger charge is -2.15. The van der Waals surface area contributed by atoms with Crippen LogP contribution >= 0.6 is 38.6 Å². The highest BCUT2D eigenvalue weighted by molar-refractivity contribution is 9.10. The molecule has 0 saturated heterocycles. The van der Waals surface area contributed by atoms with Crippen molar-refractivity contribution in [1.82, 2.24) is 4.98 Å². The molecule has 5 heteroatoms. The van der Waals surface area contributed by atoms with E-state index in [1.54, 1.807) is 22.7 Å². The van der Waals surface area contributed by atoms with E-state index in [4.69, 9.17) is 0 Å². The first kappa shape index (κ1) is 13.8. The van der Waals surface area contributed by atoms with Crippen molar-refractivity contribution in [3.8, 4) is 10.6 Å². The molecule has 1 atom stereocenters. The molecule has 0 bridgehead atoms. The van der Waals surface area contributed by atoms with Crippen molar-refractivity contribution in [2.75, 3.05) is 5.32 Å². The molecule has 0 saturated carbocycles. The second-order valence-electron chi connectivity index (χ2n) is 4.42. The minimum absolute atomic E-state index is 0.274. The highest BCUT2D eigenvalue weighted by Gasteiger charge is 2.11. The van der Waals surface area contributed by atoms with Crippen molar-refractivity contribution < 1.29 is 0 Å². The number of aromatic nitrogens is 1. The molecule has 0 fully saturated rings. The van der Waals surface area contributed by atoms with Crippen LogP contribution in [-0.2, 0) is 0 Å². The summed E-state index contributed by atoms with van der Waals surface area (Å²) in [6, 6.07) is 10.8. The molecule has 0 radical (unpaired) electrons. The number of thiazole rings is 1. The molecule has 1 aromatic carbocycles. The molecular formula is C15H13BrN2S2. The maximum absolute atomic E-state index is 4.36. The van der Waals surface area contributed by atoms with Crippen LogP contribution in [0.2, 0.25) is 0 Å². The number of hydrogen-bond acceptors (Lipinski definition) is 4. The van der Waals surface area contributed by atoms with Gasteiger partial charge >= 0.3 is 0 Å². The zero-order chi connectivity index (χ0) is 13.9. The predicted octanol–water partition coefficient (Wildman–Crippen LogP) is 5.81. The maximum Gasteiger partial charge on any atom is 0.123 e. The quantitative estimate of drug-likeness (QED) is 0.631. The Morgan fingerprint density at radius 3 is 2.80 bits per heavy atom. The molecule has 1 unspecified atom stereocenters. The average Bonchev–Trinajstić information content (AvgIpc) is 3.09. The second-order valence-corrected chi connectivity index (χ2v) is 7.11. The van der Waals surface area contributed by atoms with Gasteiger partial charge in [0, 0.05) is 32.2 Å². The highest BCUT2D eigenvalue weighted by atomic mass is 79.9. The number of nitrogens with zero attached hydrogens (tertiary/aromatic N) is 1. The van der Waals surface area contributed by atoms with E-state index in [9.17, 15) is 0 Å². The van der Waals surface area contributed by atoms with Crippen LogP contribution in [0.3, 0.4) is 0 Å². The van der Waals surface area contributed by atoms with Gasteiger partial charge < -0.3 is 5.32 Å². The van der Waals surface area contributed by atoms with Crippen LogP contribution in [-0.4, -0.2) is 4.98 Å². The zero-order valence-corrected chi connectivity index (χ0v) is 14.1. The minimum atomic E-state index is 0.274. The van der Waals surface area contributed by atoms with Crippen LogP contribution in [0, 0.1) is 0 Å². The molecule has 3 aromatic rings. The molecule has 0 spiro atoms. The van der Waals surface area contributed by atoms with Crippen LogP contribution in [0.1, 0.15) is 17.8 Å². The summed E-state index contributed by atoms with van der Waals surface area (Å²) >= 11 is 7.01. The third kappa shape index (κ3) is 2.95. The van der Waals surface area contributed by atoms with Crippen molar-refractivity contribution >= 4 is 44.3 Å². The van der Waals surface area contributed by atoms with E-state index in [0.29, 0.717) is 0 Å². The molecular weight excluding hydrogens is 352 g/mol. The van der Waals surface area contributed by atoms with Gasteiger partial charge in [-0.15, -0.1) is 22.7 Å². The fourth-order valence-corrected chi connectivity index (χ4v) is 4.40. The van der Waals surface area contributed by atoms with Crippen LogP contribution in [0.25, 0.3) is 10.6 Å². The molecule has 1 N–H and O–H groups in total. The van der Waals surface area contributed by atoms with Gasteiger partial charge in [0.05, 0.1) is 6.04 Å². The third-order valence-electron chi connectivity index (χ3n) is 2.96. The molecule has 0 amide bonds. The molecule has 0 aliphatic carbocycles. The lowest BCUT2D eigenvalue weighted by molar-refractivity contribution is 0.903. The first-order valence-corrected chi connectivity index (χ1v) is 8.78. The van der Waals surface area contributed by atoms with E-state index in [1.165, 1.54) is 9.35 Å². The topological polar surface area (TPSA) is 24.9 Å². The standard InChI is InChI=1S/C15H13BrN2S2/c1-10(14-13(16)5-7-19-14)18-12-4-2-3-11(9-12)15-17-6-8-20-15/h2-10,18H,1H3. The van der Waals surface area contributed by atoms with Crippen LogP contribution < -0.4 is 5.32 Å². The number of thiophene rings is 1. The van der Waals surface area contributed by atoms with Crippen molar-refractivity contribution in [2.45, 2.75) is 13.0 Å². The van der Waals surface area contributed by atoms with Gasteiger partial charge in [-0.1, -0.05) is 12.1 Å². The summed E-state index contributed by atoms with van der Waals surface area (Å²) in [7, 11) is 0. The number of benzene rings is 1. The Hall–Kier alpha value is -1.17. The summed E-state index contributed by atoms with van der Waals surface area (Å²) in [4.78, 5) is 5.67. The Morgan fingerprint density at radius 2 is 2.10 bits per heavy atom. The van der Waals surface area contributed by atoms with Gasteiger partial charge in [-0.25, -0.2) is 4.98 Å². The third-order valence-corrected chi connectivity index (χ3v) is 5.84. The summed E-state index contributed by atoms with van der Waals surface area (Å²) in [6.07, 6.45) is 1.84. The Balaban J connectivity index is 1.81. The molecule has 2 heterocycles. The maximum atomic E-state index is 4.36. The molecule has 0 aliphatic heterocycles. The second kappa shape index (κ2) is 6.08. The number of nitrogens with one attached hydrogen (secondary N) is 1. The molecule has 2 aromatic heterocycles. The first-order valence-electron chi connectivity index (χ1n) is 6.23. The summed E-state index contributed by atoms with van der Waals surface area (Å²) in [5.41, 5.74) is 2.27. The van der Waals surface area contributed by atoms with Gasteiger partial charge in [0.15, 0.2) is 0 Å². The summed E-state index contributed by atoms with van der Waals surface area (Å²) in [6.45, 7) is 2.17. The largest absolute Gasteiger partial charge is 0.378 e. The predicted molar refractivity (Wildman–Crippen MR) is 91.6 cm³/mol. The van der Waals surface area contributed by atoms with E-state index in [0.717, 1.165) is 16.3 Å². The summed E-state index contributed by atoms with van der Waals surface area (Å²) in [5.74, 6) is 0. The Labute approximate surface area is 134 Å². The van der Waals surface area contributed by atoms with Crippen LogP contribution in [0.4, 0.5) is 5.69 Å². The van der Waals surface area contributed by atoms with Gasteiger partial charge in [-0.2, -0.15) is 0 Å². The van der Waals surface area contributed by atoms with Gasteiger partial charge in [0.1, 0.15) is 5.01 Å². The van der Waals surface area contributed by atoms with Crippen molar-refractivity contribution in [3.63, 3.8) is 0 Å². The Kier molecular flexibility index (Phi) is 4.19. The number of halogens is 1. The molecule has 20 heavy (non-hydrogen) atoms. The van der Waals surface area contributed by atoms with E-state index >= 15 is 0 Å². The SMILES string of the molecule is CC(Nc1cccc(-c2nccs2)c1)c1sccc1Br. The highest BCUT2D eigenvalue weighted by Crippen LogP contribution is 2.32. The fourth-order valence-electron chi connectivity index (χ4n) is 2.04. The average molecular weight is 365 g/mol.